The number of para-hydroxylation sites is 1. The van der Waals surface area contributed by atoms with Crippen molar-refractivity contribution in [1.82, 2.24) is 0 Å². The third-order valence-electron chi connectivity index (χ3n) is 4.38. The van der Waals surface area contributed by atoms with Gasteiger partial charge in [-0.2, -0.15) is 0 Å². The molecule has 29 heavy (non-hydrogen) atoms. The van der Waals surface area contributed by atoms with Crippen molar-refractivity contribution in [1.29, 1.82) is 0 Å². The maximum absolute atomic E-state index is 13.1. The quantitative estimate of drug-likeness (QED) is 0.289. The second kappa shape index (κ2) is 8.40. The Labute approximate surface area is 168 Å². The van der Waals surface area contributed by atoms with E-state index in [1.165, 1.54) is 24.3 Å². The molecule has 0 radical (unpaired) electrons. The van der Waals surface area contributed by atoms with Crippen LogP contribution in [0.5, 0.6) is 11.5 Å². The van der Waals surface area contributed by atoms with Gasteiger partial charge in [0.15, 0.2) is 0 Å². The molecule has 0 aromatic heterocycles. The Balaban J connectivity index is 1.73. The van der Waals surface area contributed by atoms with Crippen LogP contribution in [0.15, 0.2) is 103 Å². The average molecular weight is 384 g/mol. The third kappa shape index (κ3) is 4.33. The van der Waals surface area contributed by atoms with Gasteiger partial charge in [0, 0.05) is 11.1 Å². The number of benzene rings is 4. The van der Waals surface area contributed by atoms with Crippen LogP contribution in [0, 0.1) is 5.82 Å². The molecular formula is C25H17FO3. The summed E-state index contributed by atoms with van der Waals surface area (Å²) in [6, 6.07) is 30.2. The zero-order valence-corrected chi connectivity index (χ0v) is 15.4. The van der Waals surface area contributed by atoms with Gasteiger partial charge in [-0.15, -0.1) is 0 Å². The van der Waals surface area contributed by atoms with E-state index in [0.29, 0.717) is 5.75 Å². The SMILES string of the molecule is O=C(Oc1ccc(F)cc1)Oc1c(-c2ccccc2)cccc1-c1ccccc1. The Morgan fingerprint density at radius 2 is 1.10 bits per heavy atom. The molecule has 0 bridgehead atoms. The summed E-state index contributed by atoms with van der Waals surface area (Å²) in [5.74, 6) is 0.193. The highest BCUT2D eigenvalue weighted by Crippen LogP contribution is 2.39. The fourth-order valence-corrected chi connectivity index (χ4v) is 3.04. The molecule has 0 saturated carbocycles. The molecule has 4 aromatic rings. The molecule has 0 heterocycles. The maximum atomic E-state index is 13.1. The minimum absolute atomic E-state index is 0.204. The predicted molar refractivity (Wildman–Crippen MR) is 110 cm³/mol. The van der Waals surface area contributed by atoms with E-state index < -0.39 is 12.0 Å². The van der Waals surface area contributed by atoms with Crippen LogP contribution in [-0.2, 0) is 0 Å². The van der Waals surface area contributed by atoms with E-state index in [9.17, 15) is 9.18 Å². The molecule has 0 aliphatic carbocycles. The fraction of sp³-hybridized carbons (Fsp3) is 0. The topological polar surface area (TPSA) is 35.5 Å². The van der Waals surface area contributed by atoms with Crippen molar-refractivity contribution in [3.63, 3.8) is 0 Å². The molecular weight excluding hydrogens is 367 g/mol. The van der Waals surface area contributed by atoms with Gasteiger partial charge < -0.3 is 9.47 Å². The molecule has 4 rings (SSSR count). The molecule has 4 heteroatoms. The minimum atomic E-state index is -0.892. The molecule has 0 aliphatic heterocycles. The summed E-state index contributed by atoms with van der Waals surface area (Å²) in [7, 11) is 0. The molecule has 0 amide bonds. The molecule has 0 unspecified atom stereocenters. The maximum Gasteiger partial charge on any atom is 0.519 e. The van der Waals surface area contributed by atoms with E-state index in [0.717, 1.165) is 22.3 Å². The lowest BCUT2D eigenvalue weighted by atomic mass is 9.97. The first kappa shape index (κ1) is 18.4. The normalized spacial score (nSPS) is 10.4. The van der Waals surface area contributed by atoms with Crippen LogP contribution in [-0.4, -0.2) is 6.16 Å². The standard InChI is InChI=1S/C25H17FO3/c26-20-14-16-21(17-15-20)28-25(27)29-24-22(18-8-3-1-4-9-18)12-7-13-23(24)19-10-5-2-6-11-19/h1-17H. The largest absolute Gasteiger partial charge is 0.519 e. The van der Waals surface area contributed by atoms with Gasteiger partial charge in [0.25, 0.3) is 0 Å². The lowest BCUT2D eigenvalue weighted by Crippen LogP contribution is -2.15. The first-order valence-electron chi connectivity index (χ1n) is 9.10. The summed E-state index contributed by atoms with van der Waals surface area (Å²) >= 11 is 0. The Bertz CT molecular complexity index is 1050. The number of ether oxygens (including phenoxy) is 2. The smallest absolute Gasteiger partial charge is 0.395 e. The van der Waals surface area contributed by atoms with Crippen LogP contribution >= 0.6 is 0 Å². The van der Waals surface area contributed by atoms with Gasteiger partial charge in [-0.1, -0.05) is 78.9 Å². The molecule has 0 fully saturated rings. The number of carbonyl (C=O) groups is 1. The second-order valence-corrected chi connectivity index (χ2v) is 6.32. The lowest BCUT2D eigenvalue weighted by Gasteiger charge is -2.15. The first-order chi connectivity index (χ1) is 14.2. The number of hydrogen-bond donors (Lipinski definition) is 0. The molecule has 142 valence electrons. The summed E-state index contributed by atoms with van der Waals surface area (Å²) in [6.07, 6.45) is -0.892. The van der Waals surface area contributed by atoms with Gasteiger partial charge in [0.2, 0.25) is 0 Å². The molecule has 0 aliphatic rings. The molecule has 0 N–H and O–H groups in total. The van der Waals surface area contributed by atoms with Crippen molar-refractivity contribution in [3.05, 3.63) is 109 Å². The van der Waals surface area contributed by atoms with E-state index in [2.05, 4.69) is 0 Å². The highest BCUT2D eigenvalue weighted by Gasteiger charge is 2.18. The van der Waals surface area contributed by atoms with Gasteiger partial charge >= 0.3 is 6.16 Å². The lowest BCUT2D eigenvalue weighted by molar-refractivity contribution is 0.152. The van der Waals surface area contributed by atoms with E-state index >= 15 is 0 Å². The van der Waals surface area contributed by atoms with Crippen LogP contribution in [0.2, 0.25) is 0 Å². The van der Waals surface area contributed by atoms with Gasteiger partial charge in [-0.3, -0.25) is 0 Å². The van der Waals surface area contributed by atoms with Gasteiger partial charge in [0.1, 0.15) is 17.3 Å². The number of halogens is 1. The van der Waals surface area contributed by atoms with Crippen LogP contribution < -0.4 is 9.47 Å². The van der Waals surface area contributed by atoms with Gasteiger partial charge in [-0.25, -0.2) is 9.18 Å². The number of hydrogen-bond acceptors (Lipinski definition) is 3. The molecule has 4 aromatic carbocycles. The monoisotopic (exact) mass is 384 g/mol. The first-order valence-corrected chi connectivity index (χ1v) is 9.10. The average Bonchev–Trinajstić information content (AvgIpc) is 2.77. The van der Waals surface area contributed by atoms with Crippen molar-refractivity contribution in [2.45, 2.75) is 0 Å². The predicted octanol–water partition coefficient (Wildman–Crippen LogP) is 6.74. The highest BCUT2D eigenvalue weighted by molar-refractivity contribution is 5.85. The third-order valence-corrected chi connectivity index (χ3v) is 4.38. The summed E-state index contributed by atoms with van der Waals surface area (Å²) < 4.78 is 24.0. The summed E-state index contributed by atoms with van der Waals surface area (Å²) in [5, 5.41) is 0. The van der Waals surface area contributed by atoms with Crippen LogP contribution in [0.1, 0.15) is 0 Å². The van der Waals surface area contributed by atoms with E-state index in [1.807, 2.05) is 78.9 Å². The zero-order chi connectivity index (χ0) is 20.1. The van der Waals surface area contributed by atoms with Crippen molar-refractivity contribution in [2.75, 3.05) is 0 Å². The van der Waals surface area contributed by atoms with Crippen LogP contribution in [0.25, 0.3) is 22.3 Å². The number of rotatable bonds is 4. The fourth-order valence-electron chi connectivity index (χ4n) is 3.04. The van der Waals surface area contributed by atoms with Crippen LogP contribution in [0.3, 0.4) is 0 Å². The molecule has 0 spiro atoms. The van der Waals surface area contributed by atoms with Crippen molar-refractivity contribution >= 4 is 6.16 Å². The minimum Gasteiger partial charge on any atom is -0.395 e. The van der Waals surface area contributed by atoms with E-state index in [-0.39, 0.29) is 5.75 Å². The zero-order valence-electron chi connectivity index (χ0n) is 15.4. The van der Waals surface area contributed by atoms with Crippen LogP contribution in [0.4, 0.5) is 9.18 Å². The summed E-state index contributed by atoms with van der Waals surface area (Å²) in [4.78, 5) is 12.5. The Morgan fingerprint density at radius 1 is 0.586 bits per heavy atom. The summed E-state index contributed by atoms with van der Waals surface area (Å²) in [5.41, 5.74) is 3.36. The van der Waals surface area contributed by atoms with Gasteiger partial charge in [0.05, 0.1) is 0 Å². The Kier molecular flexibility index (Phi) is 5.34. The highest BCUT2D eigenvalue weighted by atomic mass is 19.1. The second-order valence-electron chi connectivity index (χ2n) is 6.32. The Morgan fingerprint density at radius 3 is 1.62 bits per heavy atom. The molecule has 0 atom stereocenters. The Hall–Kier alpha value is -3.92. The van der Waals surface area contributed by atoms with Crippen molar-refractivity contribution < 1.29 is 18.7 Å². The van der Waals surface area contributed by atoms with Crippen molar-refractivity contribution in [3.8, 4) is 33.8 Å². The molecule has 3 nitrogen and oxygen atoms in total. The van der Waals surface area contributed by atoms with Gasteiger partial charge in [-0.05, 0) is 35.4 Å². The van der Waals surface area contributed by atoms with E-state index in [1.54, 1.807) is 0 Å². The van der Waals surface area contributed by atoms with E-state index in [4.69, 9.17) is 9.47 Å². The molecule has 0 saturated heterocycles. The van der Waals surface area contributed by atoms with Crippen molar-refractivity contribution in [2.24, 2.45) is 0 Å². The summed E-state index contributed by atoms with van der Waals surface area (Å²) in [6.45, 7) is 0. The number of carbonyl (C=O) groups excluding carboxylic acids is 1.